The number of benzene rings is 3. The summed E-state index contributed by atoms with van der Waals surface area (Å²) in [7, 11) is 5.35. The number of hydrogen-bond acceptors (Lipinski definition) is 5. The number of halogens is 1. The maximum Gasteiger partial charge on any atom is 0.232 e. The van der Waals surface area contributed by atoms with Gasteiger partial charge in [-0.15, -0.1) is 0 Å². The van der Waals surface area contributed by atoms with Crippen molar-refractivity contribution in [1.29, 1.82) is 5.26 Å². The maximum atomic E-state index is 13.6. The summed E-state index contributed by atoms with van der Waals surface area (Å²) in [5.74, 6) is 1.20. The lowest BCUT2D eigenvalue weighted by atomic mass is 9.86. The molecule has 6 nitrogen and oxygen atoms in total. The number of rotatable bonds is 7. The van der Waals surface area contributed by atoms with Crippen molar-refractivity contribution in [1.82, 2.24) is 4.90 Å². The third-order valence-corrected chi connectivity index (χ3v) is 6.35. The van der Waals surface area contributed by atoms with Gasteiger partial charge in [-0.05, 0) is 72.5 Å². The van der Waals surface area contributed by atoms with Gasteiger partial charge in [0.1, 0.15) is 6.07 Å². The molecule has 37 heavy (non-hydrogen) atoms. The number of carbonyl (C=O) groups is 1. The van der Waals surface area contributed by atoms with E-state index in [9.17, 15) is 10.1 Å². The van der Waals surface area contributed by atoms with Gasteiger partial charge in [-0.1, -0.05) is 35.9 Å². The van der Waals surface area contributed by atoms with E-state index in [-0.39, 0.29) is 18.4 Å². The minimum atomic E-state index is -0.396. The molecule has 4 rings (SSSR count). The second-order valence-corrected chi connectivity index (χ2v) is 9.86. The summed E-state index contributed by atoms with van der Waals surface area (Å²) in [6.45, 7) is 3.93. The fourth-order valence-electron chi connectivity index (χ4n) is 4.56. The van der Waals surface area contributed by atoms with Crippen LogP contribution in [0.15, 0.2) is 66.9 Å². The van der Waals surface area contributed by atoms with Crippen molar-refractivity contribution in [2.75, 3.05) is 26.1 Å². The van der Waals surface area contributed by atoms with Crippen LogP contribution in [0.1, 0.15) is 42.1 Å². The van der Waals surface area contributed by atoms with Crippen molar-refractivity contribution in [2.24, 2.45) is 0 Å². The van der Waals surface area contributed by atoms with Crippen LogP contribution in [0.5, 0.6) is 11.5 Å². The van der Waals surface area contributed by atoms with Gasteiger partial charge in [0.05, 0.1) is 31.2 Å². The first-order chi connectivity index (χ1) is 17.7. The Balaban J connectivity index is 1.86. The Morgan fingerprint density at radius 2 is 1.78 bits per heavy atom. The van der Waals surface area contributed by atoms with Gasteiger partial charge >= 0.3 is 0 Å². The summed E-state index contributed by atoms with van der Waals surface area (Å²) in [5.41, 5.74) is 4.85. The highest BCUT2D eigenvalue weighted by molar-refractivity contribution is 6.30. The number of ether oxygens (including phenoxy) is 2. The lowest BCUT2D eigenvalue weighted by Gasteiger charge is -2.38. The predicted molar refractivity (Wildman–Crippen MR) is 147 cm³/mol. The van der Waals surface area contributed by atoms with Crippen LogP contribution in [0, 0.1) is 11.3 Å². The number of anilines is 1. The topological polar surface area (TPSA) is 65.8 Å². The average molecular weight is 516 g/mol. The molecule has 0 aliphatic carbocycles. The Morgan fingerprint density at radius 3 is 2.35 bits per heavy atom. The van der Waals surface area contributed by atoms with Crippen molar-refractivity contribution < 1.29 is 14.3 Å². The zero-order valence-electron chi connectivity index (χ0n) is 21.7. The molecule has 1 atom stereocenters. The van der Waals surface area contributed by atoms with Gasteiger partial charge in [0, 0.05) is 31.0 Å². The lowest BCUT2D eigenvalue weighted by molar-refractivity contribution is -0.118. The van der Waals surface area contributed by atoms with Crippen molar-refractivity contribution in [3.63, 3.8) is 0 Å². The zero-order valence-corrected chi connectivity index (χ0v) is 22.4. The standard InChI is InChI=1S/C30H30ClN3O3/c1-19(2)37-28-16-26-22(14-27(28)36-5)15-29(35)34(30(26)21-6-10-24(31)11-7-21)25-12-8-20(9-13-25)23(17-32)18-33(3)4/h6-14,16,18-19,30H,15H2,1-5H3/t30-/m0/s1. The van der Waals surface area contributed by atoms with Gasteiger partial charge in [-0.25, -0.2) is 0 Å². The molecular formula is C30H30ClN3O3. The fourth-order valence-corrected chi connectivity index (χ4v) is 4.68. The van der Waals surface area contributed by atoms with Crippen molar-refractivity contribution in [3.05, 3.63) is 94.1 Å². The molecule has 0 unspecified atom stereocenters. The Kier molecular flexibility index (Phi) is 7.75. The van der Waals surface area contributed by atoms with E-state index in [2.05, 4.69) is 6.07 Å². The monoisotopic (exact) mass is 515 g/mol. The number of amides is 1. The quantitative estimate of drug-likeness (QED) is 0.348. The van der Waals surface area contributed by atoms with E-state index < -0.39 is 6.04 Å². The Bertz CT molecular complexity index is 1360. The molecule has 190 valence electrons. The summed E-state index contributed by atoms with van der Waals surface area (Å²) < 4.78 is 11.7. The lowest BCUT2D eigenvalue weighted by Crippen LogP contribution is -2.41. The molecule has 0 N–H and O–H groups in total. The van der Waals surface area contributed by atoms with Crippen LogP contribution in [0.4, 0.5) is 5.69 Å². The molecule has 0 fully saturated rings. The highest BCUT2D eigenvalue weighted by Gasteiger charge is 2.36. The summed E-state index contributed by atoms with van der Waals surface area (Å²) in [6, 6.07) is 20.8. The van der Waals surface area contributed by atoms with Crippen LogP contribution < -0.4 is 14.4 Å². The summed E-state index contributed by atoms with van der Waals surface area (Å²) in [4.78, 5) is 17.3. The number of fused-ring (bicyclic) bond motifs is 1. The summed E-state index contributed by atoms with van der Waals surface area (Å²) >= 11 is 6.20. The molecule has 3 aromatic carbocycles. The molecule has 1 aliphatic rings. The third-order valence-electron chi connectivity index (χ3n) is 6.10. The van der Waals surface area contributed by atoms with E-state index in [1.165, 1.54) is 0 Å². The van der Waals surface area contributed by atoms with Crippen molar-refractivity contribution in [3.8, 4) is 17.6 Å². The van der Waals surface area contributed by atoms with Gasteiger partial charge in [-0.2, -0.15) is 5.26 Å². The summed E-state index contributed by atoms with van der Waals surface area (Å²) in [5, 5.41) is 10.2. The molecule has 7 heteroatoms. The second-order valence-electron chi connectivity index (χ2n) is 9.43. The molecular weight excluding hydrogens is 486 g/mol. The minimum absolute atomic E-state index is 0.0379. The van der Waals surface area contributed by atoms with Crippen molar-refractivity contribution >= 4 is 28.8 Å². The molecule has 0 saturated heterocycles. The Morgan fingerprint density at radius 1 is 1.11 bits per heavy atom. The molecule has 0 saturated carbocycles. The third kappa shape index (κ3) is 5.58. The number of methoxy groups -OCH3 is 1. The van der Waals surface area contributed by atoms with E-state index in [0.29, 0.717) is 22.1 Å². The molecule has 0 spiro atoms. The van der Waals surface area contributed by atoms with Crippen LogP contribution in [0.3, 0.4) is 0 Å². The second kappa shape index (κ2) is 11.0. The van der Waals surface area contributed by atoms with Gasteiger partial charge in [0.25, 0.3) is 0 Å². The molecule has 1 heterocycles. The molecule has 0 radical (unpaired) electrons. The van der Waals surface area contributed by atoms with Crippen molar-refractivity contribution in [2.45, 2.75) is 32.4 Å². The number of nitrogens with zero attached hydrogens (tertiary/aromatic N) is 3. The first-order valence-corrected chi connectivity index (χ1v) is 12.4. The van der Waals surface area contributed by atoms with Gasteiger partial charge in [0.15, 0.2) is 11.5 Å². The molecule has 1 amide bonds. The highest BCUT2D eigenvalue weighted by Crippen LogP contribution is 2.44. The molecule has 1 aliphatic heterocycles. The summed E-state index contributed by atoms with van der Waals surface area (Å²) in [6.07, 6.45) is 1.96. The van der Waals surface area contributed by atoms with Crippen LogP contribution in [-0.2, 0) is 11.2 Å². The zero-order chi connectivity index (χ0) is 26.7. The van der Waals surface area contributed by atoms with E-state index in [0.717, 1.165) is 27.9 Å². The van der Waals surface area contributed by atoms with Gasteiger partial charge < -0.3 is 19.3 Å². The van der Waals surface area contributed by atoms with E-state index in [1.807, 2.05) is 98.4 Å². The first-order valence-electron chi connectivity index (χ1n) is 12.1. The van der Waals surface area contributed by atoms with Gasteiger partial charge in [-0.3, -0.25) is 4.79 Å². The number of allylic oxidation sites excluding steroid dienone is 1. The molecule has 0 aromatic heterocycles. The van der Waals surface area contributed by atoms with Gasteiger partial charge in [0.2, 0.25) is 5.91 Å². The number of carbonyl (C=O) groups excluding carboxylic acids is 1. The van der Waals surface area contributed by atoms with E-state index in [4.69, 9.17) is 21.1 Å². The first kappa shape index (κ1) is 26.1. The normalized spacial score (nSPS) is 15.3. The van der Waals surface area contributed by atoms with E-state index in [1.54, 1.807) is 13.3 Å². The number of hydrogen-bond donors (Lipinski definition) is 0. The number of nitriles is 1. The molecule has 0 bridgehead atoms. The van der Waals surface area contributed by atoms with Crippen LogP contribution in [0.2, 0.25) is 5.02 Å². The van der Waals surface area contributed by atoms with Crippen LogP contribution >= 0.6 is 11.6 Å². The predicted octanol–water partition coefficient (Wildman–Crippen LogP) is 6.24. The largest absolute Gasteiger partial charge is 0.493 e. The van der Waals surface area contributed by atoms with E-state index >= 15 is 0 Å². The Hall–Kier alpha value is -3.95. The van der Waals surface area contributed by atoms with Crippen LogP contribution in [0.25, 0.3) is 5.57 Å². The SMILES string of the molecule is COc1cc2c(cc1OC(C)C)[C@H](c1ccc(Cl)cc1)N(c1ccc(C(C#N)=CN(C)C)cc1)C(=O)C2. The Labute approximate surface area is 223 Å². The van der Waals surface area contributed by atoms with Crippen LogP contribution in [-0.4, -0.2) is 38.1 Å². The fraction of sp³-hybridized carbons (Fsp3) is 0.267. The molecule has 3 aromatic rings. The maximum absolute atomic E-state index is 13.6. The highest BCUT2D eigenvalue weighted by atomic mass is 35.5. The average Bonchev–Trinajstić information content (AvgIpc) is 2.87. The smallest absolute Gasteiger partial charge is 0.232 e. The minimum Gasteiger partial charge on any atom is -0.493 e.